The van der Waals surface area contributed by atoms with Gasteiger partial charge in [-0.3, -0.25) is 4.55 Å². The Morgan fingerprint density at radius 3 is 1.90 bits per heavy atom. The molecular weight excluding hydrogens is 482 g/mol. The minimum absolute atomic E-state index is 0.0277. The number of hydrogen-bond acceptors (Lipinski definition) is 4. The van der Waals surface area contributed by atoms with E-state index in [4.69, 9.17) is 46.4 Å². The maximum absolute atomic E-state index is 13.0. The molecule has 0 aliphatic carbocycles. The Balaban J connectivity index is 2.61. The summed E-state index contributed by atoms with van der Waals surface area (Å²) in [6.45, 7) is 0. The van der Waals surface area contributed by atoms with Gasteiger partial charge in [-0.15, -0.1) is 0 Å². The van der Waals surface area contributed by atoms with E-state index in [0.717, 1.165) is 12.1 Å². The highest BCUT2D eigenvalue weighted by Gasteiger charge is 2.51. The predicted octanol–water partition coefficient (Wildman–Crippen LogP) is 5.89. The average Bonchev–Trinajstić information content (AvgIpc) is 2.63. The summed E-state index contributed by atoms with van der Waals surface area (Å²) in [6, 6.07) is 11.2. The van der Waals surface area contributed by atoms with Crippen LogP contribution in [0.4, 0.5) is 0 Å². The smallest absolute Gasteiger partial charge is 0.283 e. The third-order valence-corrected chi connectivity index (χ3v) is 7.12. The van der Waals surface area contributed by atoms with Gasteiger partial charge in [0.05, 0.1) is 10.0 Å². The van der Waals surface area contributed by atoms with Crippen molar-refractivity contribution in [2.24, 2.45) is 0 Å². The van der Waals surface area contributed by atoms with E-state index in [-0.39, 0.29) is 42.5 Å². The number of benzene rings is 3. The lowest BCUT2D eigenvalue weighted by atomic mass is 9.83. The van der Waals surface area contributed by atoms with E-state index in [0.29, 0.717) is 0 Å². The highest BCUT2D eigenvalue weighted by atomic mass is 35.5. The van der Waals surface area contributed by atoms with Crippen LogP contribution in [0, 0.1) is 0 Å². The molecule has 10 heteroatoms. The van der Waals surface area contributed by atoms with Gasteiger partial charge < -0.3 is 10.2 Å². The van der Waals surface area contributed by atoms with Crippen molar-refractivity contribution in [2.45, 2.75) is 4.75 Å². The first kappa shape index (κ1) is 22.0. The number of phenolic OH excluding ortho intramolecular Hbond substituents is 2. The second-order valence-electron chi connectivity index (χ2n) is 6.11. The Labute approximate surface area is 186 Å². The molecule has 0 aliphatic heterocycles. The Morgan fingerprint density at radius 1 is 0.724 bits per heavy atom. The summed E-state index contributed by atoms with van der Waals surface area (Å²) < 4.78 is 34.0. The minimum Gasteiger partial charge on any atom is -0.508 e. The summed E-state index contributed by atoms with van der Waals surface area (Å²) in [4.78, 5) is 0. The van der Waals surface area contributed by atoms with Gasteiger partial charge in [-0.2, -0.15) is 8.42 Å². The van der Waals surface area contributed by atoms with Gasteiger partial charge >= 0.3 is 0 Å². The Kier molecular flexibility index (Phi) is 5.98. The standard InChI is InChI=1S/C19H12Cl4O5S/c20-11-3-6-15(21)13(7-11)19(29(26,27)28,10-1-4-12(24)5-2-10)14-8-16(22)17(23)9-18(14)25/h1-9,24-25H,(H,26,27,28). The van der Waals surface area contributed by atoms with Crippen LogP contribution in [0.3, 0.4) is 0 Å². The van der Waals surface area contributed by atoms with Crippen molar-refractivity contribution < 1.29 is 23.2 Å². The van der Waals surface area contributed by atoms with Crippen molar-refractivity contribution in [1.29, 1.82) is 0 Å². The van der Waals surface area contributed by atoms with Crippen LogP contribution in [0.1, 0.15) is 16.7 Å². The zero-order chi connectivity index (χ0) is 21.6. The molecule has 0 aliphatic rings. The van der Waals surface area contributed by atoms with Gasteiger partial charge in [0.15, 0.2) is 4.75 Å². The molecule has 1 unspecified atom stereocenters. The van der Waals surface area contributed by atoms with E-state index in [1.807, 2.05) is 0 Å². The molecule has 1 atom stereocenters. The molecule has 0 heterocycles. The molecular formula is C19H12Cl4O5S. The SMILES string of the molecule is O=S(=O)(O)C(c1ccc(O)cc1)(c1cc(Cl)c(Cl)cc1O)c1cc(Cl)ccc1Cl. The molecule has 3 rings (SSSR count). The van der Waals surface area contributed by atoms with Crippen LogP contribution in [0.25, 0.3) is 0 Å². The van der Waals surface area contributed by atoms with Crippen LogP contribution in [0.15, 0.2) is 54.6 Å². The monoisotopic (exact) mass is 492 g/mol. The van der Waals surface area contributed by atoms with Crippen molar-refractivity contribution in [2.75, 3.05) is 0 Å². The van der Waals surface area contributed by atoms with Gasteiger partial charge in [0.25, 0.3) is 10.1 Å². The van der Waals surface area contributed by atoms with E-state index in [2.05, 4.69) is 0 Å². The summed E-state index contributed by atoms with van der Waals surface area (Å²) >= 11 is 24.4. The van der Waals surface area contributed by atoms with Gasteiger partial charge in [0, 0.05) is 27.2 Å². The molecule has 0 saturated heterocycles. The third-order valence-electron chi connectivity index (χ3n) is 4.39. The Bertz CT molecular complexity index is 1200. The molecule has 0 fully saturated rings. The largest absolute Gasteiger partial charge is 0.508 e. The molecule has 0 radical (unpaired) electrons. The van der Waals surface area contributed by atoms with Crippen molar-refractivity contribution in [3.63, 3.8) is 0 Å². The Morgan fingerprint density at radius 2 is 1.31 bits per heavy atom. The molecule has 29 heavy (non-hydrogen) atoms. The van der Waals surface area contributed by atoms with Crippen molar-refractivity contribution in [1.82, 2.24) is 0 Å². The number of hydrogen-bond donors (Lipinski definition) is 3. The maximum atomic E-state index is 13.0. The topological polar surface area (TPSA) is 94.8 Å². The van der Waals surface area contributed by atoms with Gasteiger partial charge in [-0.05, 0) is 42.0 Å². The second kappa shape index (κ2) is 7.87. The maximum Gasteiger partial charge on any atom is 0.283 e. The van der Waals surface area contributed by atoms with Crippen LogP contribution in [0.2, 0.25) is 20.1 Å². The molecule has 0 aromatic heterocycles. The first-order valence-corrected chi connectivity index (χ1v) is 10.8. The van der Waals surface area contributed by atoms with Crippen molar-refractivity contribution in [3.05, 3.63) is 91.4 Å². The van der Waals surface area contributed by atoms with E-state index >= 15 is 0 Å². The van der Waals surface area contributed by atoms with Crippen LogP contribution in [0.5, 0.6) is 11.5 Å². The first-order chi connectivity index (χ1) is 13.5. The quantitative estimate of drug-likeness (QED) is 0.311. The minimum atomic E-state index is -5.08. The normalized spacial score (nSPS) is 13.8. The summed E-state index contributed by atoms with van der Waals surface area (Å²) in [5.74, 6) is -0.699. The van der Waals surface area contributed by atoms with Gasteiger partial charge in [0.1, 0.15) is 11.5 Å². The molecule has 3 aromatic carbocycles. The zero-order valence-corrected chi connectivity index (χ0v) is 18.1. The molecule has 3 N–H and O–H groups in total. The fourth-order valence-corrected chi connectivity index (χ4v) is 5.30. The van der Waals surface area contributed by atoms with E-state index in [1.54, 1.807) is 0 Å². The van der Waals surface area contributed by atoms with Crippen LogP contribution in [-0.2, 0) is 14.9 Å². The lowest BCUT2D eigenvalue weighted by molar-refractivity contribution is 0.440. The van der Waals surface area contributed by atoms with Gasteiger partial charge in [-0.25, -0.2) is 0 Å². The van der Waals surface area contributed by atoms with E-state index in [9.17, 15) is 23.2 Å². The molecule has 3 aromatic rings. The van der Waals surface area contributed by atoms with Gasteiger partial charge in [0.2, 0.25) is 0 Å². The number of halogens is 4. The summed E-state index contributed by atoms with van der Waals surface area (Å²) in [5.41, 5.74) is -0.464. The van der Waals surface area contributed by atoms with E-state index in [1.165, 1.54) is 42.5 Å². The van der Waals surface area contributed by atoms with Crippen molar-refractivity contribution in [3.8, 4) is 11.5 Å². The molecule has 0 spiro atoms. The van der Waals surface area contributed by atoms with Gasteiger partial charge in [-0.1, -0.05) is 58.5 Å². The predicted molar refractivity (Wildman–Crippen MR) is 114 cm³/mol. The summed E-state index contributed by atoms with van der Waals surface area (Å²) in [6.07, 6.45) is 0. The van der Waals surface area contributed by atoms with Crippen LogP contribution >= 0.6 is 46.4 Å². The molecule has 0 amide bonds. The lowest BCUT2D eigenvalue weighted by Gasteiger charge is -2.34. The highest BCUT2D eigenvalue weighted by Crippen LogP contribution is 2.51. The molecule has 0 bridgehead atoms. The number of aromatic hydroxyl groups is 2. The Hall–Kier alpha value is -1.67. The molecule has 152 valence electrons. The molecule has 5 nitrogen and oxygen atoms in total. The fraction of sp³-hybridized carbons (Fsp3) is 0.0526. The molecule has 0 saturated carbocycles. The average molecular weight is 494 g/mol. The lowest BCUT2D eigenvalue weighted by Crippen LogP contribution is -2.38. The second-order valence-corrected chi connectivity index (χ2v) is 9.33. The van der Waals surface area contributed by atoms with Crippen molar-refractivity contribution >= 4 is 56.5 Å². The summed E-state index contributed by atoms with van der Waals surface area (Å²) in [5, 5.41) is 20.3. The zero-order valence-electron chi connectivity index (χ0n) is 14.3. The number of rotatable bonds is 4. The third kappa shape index (κ3) is 3.77. The van der Waals surface area contributed by atoms with E-state index < -0.39 is 20.6 Å². The number of phenols is 2. The van der Waals surface area contributed by atoms with Crippen LogP contribution < -0.4 is 0 Å². The fourth-order valence-electron chi connectivity index (χ4n) is 3.16. The highest BCUT2D eigenvalue weighted by molar-refractivity contribution is 7.87. The first-order valence-electron chi connectivity index (χ1n) is 7.89. The van der Waals surface area contributed by atoms with Crippen LogP contribution in [-0.4, -0.2) is 23.2 Å². The summed E-state index contributed by atoms with van der Waals surface area (Å²) in [7, 11) is -5.08.